The van der Waals surface area contributed by atoms with Crippen LogP contribution in [0.2, 0.25) is 0 Å². The predicted octanol–water partition coefficient (Wildman–Crippen LogP) is 2.40. The van der Waals surface area contributed by atoms with Crippen molar-refractivity contribution >= 4 is 16.8 Å². The van der Waals surface area contributed by atoms with Crippen molar-refractivity contribution in [2.45, 2.75) is 26.3 Å². The maximum absolute atomic E-state index is 5.62. The molecule has 0 saturated heterocycles. The van der Waals surface area contributed by atoms with E-state index in [4.69, 9.17) is 5.73 Å². The lowest BCUT2D eigenvalue weighted by molar-refractivity contribution is 0.873. The average molecular weight is 228 g/mol. The fourth-order valence-corrected chi connectivity index (χ4v) is 2.26. The molecule has 0 unspecified atom stereocenters. The summed E-state index contributed by atoms with van der Waals surface area (Å²) in [5, 5.41) is 0. The van der Waals surface area contributed by atoms with Crippen molar-refractivity contribution in [3.05, 3.63) is 35.7 Å². The summed E-state index contributed by atoms with van der Waals surface area (Å²) in [6.45, 7) is 4.89. The monoisotopic (exact) mass is 228 g/mol. The first kappa shape index (κ1) is 10.4. The number of nitrogens with one attached hydrogen (secondary N) is 1. The van der Waals surface area contributed by atoms with Gasteiger partial charge in [-0.15, -0.1) is 0 Å². The number of fused-ring (bicyclic) bond motifs is 3. The Morgan fingerprint density at radius 2 is 2.24 bits per heavy atom. The van der Waals surface area contributed by atoms with Crippen molar-refractivity contribution in [3.63, 3.8) is 0 Å². The zero-order valence-electron chi connectivity index (χ0n) is 10.1. The van der Waals surface area contributed by atoms with Gasteiger partial charge in [0.15, 0.2) is 0 Å². The molecule has 88 valence electrons. The molecule has 0 saturated carbocycles. The lowest BCUT2D eigenvalue weighted by Gasteiger charge is -2.05. The second kappa shape index (κ2) is 3.60. The summed E-state index contributed by atoms with van der Waals surface area (Å²) in [6, 6.07) is 6.32. The van der Waals surface area contributed by atoms with Gasteiger partial charge in [0.2, 0.25) is 5.78 Å². The molecule has 0 aliphatic carbocycles. The summed E-state index contributed by atoms with van der Waals surface area (Å²) < 4.78 is 2.07. The van der Waals surface area contributed by atoms with Crippen LogP contribution in [0.3, 0.4) is 0 Å². The Balaban J connectivity index is 2.36. The molecule has 17 heavy (non-hydrogen) atoms. The Labute approximate surface area is 99.5 Å². The van der Waals surface area contributed by atoms with Crippen LogP contribution in [0.15, 0.2) is 24.4 Å². The first-order chi connectivity index (χ1) is 8.20. The predicted molar refractivity (Wildman–Crippen MR) is 69.0 cm³/mol. The Hall–Kier alpha value is -1.81. The average Bonchev–Trinajstić information content (AvgIpc) is 2.84. The molecule has 0 spiro atoms. The number of para-hydroxylation sites is 1. The van der Waals surface area contributed by atoms with Gasteiger partial charge in [0.1, 0.15) is 0 Å². The minimum absolute atomic E-state index is 0.479. The highest BCUT2D eigenvalue weighted by atomic mass is 15.1. The van der Waals surface area contributed by atoms with Crippen LogP contribution in [0.25, 0.3) is 16.8 Å². The van der Waals surface area contributed by atoms with Crippen LogP contribution >= 0.6 is 0 Å². The van der Waals surface area contributed by atoms with Crippen LogP contribution in [0.5, 0.6) is 0 Å². The number of imidazole rings is 2. The minimum atomic E-state index is 0.479. The smallest absolute Gasteiger partial charge is 0.212 e. The third kappa shape index (κ3) is 1.45. The van der Waals surface area contributed by atoms with Gasteiger partial charge >= 0.3 is 0 Å². The number of nitrogens with zero attached hydrogens (tertiary/aromatic N) is 2. The van der Waals surface area contributed by atoms with Gasteiger partial charge in [-0.2, -0.15) is 0 Å². The third-order valence-electron chi connectivity index (χ3n) is 3.15. The van der Waals surface area contributed by atoms with Gasteiger partial charge in [0.25, 0.3) is 0 Å². The van der Waals surface area contributed by atoms with Crippen LogP contribution < -0.4 is 5.73 Å². The first-order valence-electron chi connectivity index (χ1n) is 5.89. The van der Waals surface area contributed by atoms with Gasteiger partial charge in [-0.25, -0.2) is 4.98 Å². The van der Waals surface area contributed by atoms with E-state index >= 15 is 0 Å². The van der Waals surface area contributed by atoms with Crippen LogP contribution in [-0.4, -0.2) is 14.4 Å². The summed E-state index contributed by atoms with van der Waals surface area (Å²) in [5.41, 5.74) is 10.1. The number of rotatable bonds is 2. The summed E-state index contributed by atoms with van der Waals surface area (Å²) >= 11 is 0. The fraction of sp³-hybridized carbons (Fsp3) is 0.308. The van der Waals surface area contributed by atoms with E-state index in [1.54, 1.807) is 0 Å². The van der Waals surface area contributed by atoms with Crippen molar-refractivity contribution < 1.29 is 0 Å². The second-order valence-corrected chi connectivity index (χ2v) is 4.66. The molecule has 2 aromatic heterocycles. The molecule has 3 rings (SSSR count). The van der Waals surface area contributed by atoms with E-state index in [0.717, 1.165) is 22.5 Å². The lowest BCUT2D eigenvalue weighted by atomic mass is 10.0. The molecule has 0 radical (unpaired) electrons. The molecular weight excluding hydrogens is 212 g/mol. The van der Waals surface area contributed by atoms with Crippen LogP contribution in [0.1, 0.15) is 31.0 Å². The molecule has 0 bridgehead atoms. The van der Waals surface area contributed by atoms with Crippen molar-refractivity contribution in [3.8, 4) is 0 Å². The van der Waals surface area contributed by atoms with Crippen LogP contribution in [0.4, 0.5) is 0 Å². The lowest BCUT2D eigenvalue weighted by Crippen LogP contribution is -1.96. The molecule has 0 amide bonds. The van der Waals surface area contributed by atoms with Crippen LogP contribution in [0, 0.1) is 0 Å². The first-order valence-corrected chi connectivity index (χ1v) is 5.89. The zero-order valence-corrected chi connectivity index (χ0v) is 10.1. The summed E-state index contributed by atoms with van der Waals surface area (Å²) in [5.74, 6) is 1.35. The number of aromatic amines is 1. The quantitative estimate of drug-likeness (QED) is 0.707. The Morgan fingerprint density at radius 1 is 1.41 bits per heavy atom. The van der Waals surface area contributed by atoms with Gasteiger partial charge in [0.05, 0.1) is 11.0 Å². The van der Waals surface area contributed by atoms with E-state index in [1.165, 1.54) is 5.56 Å². The number of aromatic nitrogens is 3. The molecule has 4 heteroatoms. The SMILES string of the molecule is CC(C)c1cccc2c1nc1[nH]c(CN)cn12. The largest absolute Gasteiger partial charge is 0.326 e. The van der Waals surface area contributed by atoms with Crippen molar-refractivity contribution in [1.29, 1.82) is 0 Å². The van der Waals surface area contributed by atoms with Gasteiger partial charge in [-0.3, -0.25) is 4.40 Å². The van der Waals surface area contributed by atoms with Gasteiger partial charge in [0, 0.05) is 18.4 Å². The number of hydrogen-bond acceptors (Lipinski definition) is 2. The molecule has 4 nitrogen and oxygen atoms in total. The number of nitrogens with two attached hydrogens (primary N) is 1. The highest BCUT2D eigenvalue weighted by molar-refractivity contribution is 5.83. The highest BCUT2D eigenvalue weighted by Gasteiger charge is 2.12. The Morgan fingerprint density at radius 3 is 2.94 bits per heavy atom. The third-order valence-corrected chi connectivity index (χ3v) is 3.15. The fourth-order valence-electron chi connectivity index (χ4n) is 2.26. The molecule has 0 aliphatic rings. The van der Waals surface area contributed by atoms with Gasteiger partial charge in [-0.05, 0) is 17.5 Å². The van der Waals surface area contributed by atoms with E-state index in [0.29, 0.717) is 12.5 Å². The Bertz CT molecular complexity index is 675. The standard InChI is InChI=1S/C13H16N4/c1-8(2)10-4-3-5-11-12(10)16-13-15-9(6-14)7-17(11)13/h3-5,7-8H,6,14H2,1-2H3,(H,15,16). The van der Waals surface area contributed by atoms with E-state index in [-0.39, 0.29) is 0 Å². The molecular formula is C13H16N4. The van der Waals surface area contributed by atoms with Crippen molar-refractivity contribution in [2.24, 2.45) is 5.73 Å². The number of H-pyrrole nitrogens is 1. The normalized spacial score (nSPS) is 12.0. The molecule has 0 fully saturated rings. The molecule has 2 heterocycles. The zero-order chi connectivity index (χ0) is 12.0. The topological polar surface area (TPSA) is 59.1 Å². The molecule has 3 N–H and O–H groups in total. The van der Waals surface area contributed by atoms with Gasteiger partial charge in [-0.1, -0.05) is 26.0 Å². The summed E-state index contributed by atoms with van der Waals surface area (Å²) in [7, 11) is 0. The maximum Gasteiger partial charge on any atom is 0.212 e. The van der Waals surface area contributed by atoms with Gasteiger partial charge < -0.3 is 10.7 Å². The molecule has 3 aromatic rings. The maximum atomic E-state index is 5.62. The summed E-state index contributed by atoms with van der Waals surface area (Å²) in [4.78, 5) is 7.88. The van der Waals surface area contributed by atoms with Crippen molar-refractivity contribution in [2.75, 3.05) is 0 Å². The number of hydrogen-bond donors (Lipinski definition) is 2. The van der Waals surface area contributed by atoms with Crippen LogP contribution in [-0.2, 0) is 6.54 Å². The number of benzene rings is 1. The van der Waals surface area contributed by atoms with Crippen molar-refractivity contribution in [1.82, 2.24) is 14.4 Å². The van der Waals surface area contributed by atoms with E-state index in [1.807, 2.05) is 6.20 Å². The second-order valence-electron chi connectivity index (χ2n) is 4.66. The van der Waals surface area contributed by atoms with E-state index in [2.05, 4.69) is 46.4 Å². The Kier molecular flexibility index (Phi) is 2.19. The van der Waals surface area contributed by atoms with E-state index in [9.17, 15) is 0 Å². The van der Waals surface area contributed by atoms with E-state index < -0.39 is 0 Å². The summed E-state index contributed by atoms with van der Waals surface area (Å²) in [6.07, 6.45) is 2.02. The molecule has 1 aromatic carbocycles. The molecule has 0 aliphatic heterocycles. The highest BCUT2D eigenvalue weighted by Crippen LogP contribution is 2.25. The molecule has 0 atom stereocenters. The minimum Gasteiger partial charge on any atom is -0.326 e.